The first-order valence-electron chi connectivity index (χ1n) is 8.81. The number of aliphatic imine (C=N–C) groups is 1. The normalized spacial score (nSPS) is 17.1. The summed E-state index contributed by atoms with van der Waals surface area (Å²) in [7, 11) is 1.73. The lowest BCUT2D eigenvalue weighted by Crippen LogP contribution is -2.23. The molecule has 0 N–H and O–H groups in total. The maximum Gasteiger partial charge on any atom is 0.266 e. The lowest BCUT2D eigenvalue weighted by molar-refractivity contribution is -0.121. The molecule has 0 aliphatic carbocycles. The Morgan fingerprint density at radius 2 is 2.00 bits per heavy atom. The van der Waals surface area contributed by atoms with Crippen LogP contribution in [0.4, 0.5) is 5.69 Å². The molecule has 1 aliphatic heterocycles. The van der Waals surface area contributed by atoms with E-state index in [4.69, 9.17) is 16.3 Å². The molecule has 3 rings (SSSR count). The van der Waals surface area contributed by atoms with Crippen LogP contribution in [0.2, 0.25) is 5.02 Å². The Hall–Kier alpha value is -2.24. The highest BCUT2D eigenvalue weighted by molar-refractivity contribution is 8.18. The second-order valence-corrected chi connectivity index (χ2v) is 7.57. The topological polar surface area (TPSA) is 41.9 Å². The van der Waals surface area contributed by atoms with Crippen molar-refractivity contribution < 1.29 is 9.53 Å². The zero-order chi connectivity index (χ0) is 19.2. The minimum Gasteiger partial charge on any atom is -0.494 e. The zero-order valence-electron chi connectivity index (χ0n) is 15.3. The van der Waals surface area contributed by atoms with Crippen molar-refractivity contribution in [2.75, 3.05) is 13.7 Å². The fraction of sp³-hybridized carbons (Fsp3) is 0.238. The third-order valence-corrected chi connectivity index (χ3v) is 5.28. The summed E-state index contributed by atoms with van der Waals surface area (Å²) in [6, 6.07) is 15.0. The molecule has 0 saturated carbocycles. The molecule has 4 nitrogen and oxygen atoms in total. The highest BCUT2D eigenvalue weighted by Crippen LogP contribution is 2.33. The number of thioether (sulfide) groups is 1. The maximum absolute atomic E-state index is 12.5. The van der Waals surface area contributed by atoms with Crippen LogP contribution >= 0.6 is 23.4 Å². The van der Waals surface area contributed by atoms with Crippen LogP contribution in [0, 0.1) is 0 Å². The molecule has 1 fully saturated rings. The number of ether oxygens (including phenoxy) is 1. The Morgan fingerprint density at radius 3 is 2.70 bits per heavy atom. The van der Waals surface area contributed by atoms with Crippen molar-refractivity contribution in [2.45, 2.75) is 19.8 Å². The van der Waals surface area contributed by atoms with E-state index in [0.717, 1.165) is 36.4 Å². The van der Waals surface area contributed by atoms with E-state index in [-0.39, 0.29) is 5.91 Å². The highest BCUT2D eigenvalue weighted by Gasteiger charge is 2.30. The fourth-order valence-electron chi connectivity index (χ4n) is 2.45. The molecule has 0 spiro atoms. The third kappa shape index (κ3) is 5.15. The first-order valence-corrected chi connectivity index (χ1v) is 10.0. The van der Waals surface area contributed by atoms with Crippen molar-refractivity contribution in [2.24, 2.45) is 4.99 Å². The number of unbranched alkanes of at least 4 members (excludes halogenated alkanes) is 1. The van der Waals surface area contributed by atoms with Crippen molar-refractivity contribution in [3.8, 4) is 5.75 Å². The average Bonchev–Trinajstić information content (AvgIpc) is 2.91. The third-order valence-electron chi connectivity index (χ3n) is 3.98. The molecule has 1 amide bonds. The summed E-state index contributed by atoms with van der Waals surface area (Å²) in [4.78, 5) is 19.3. The van der Waals surface area contributed by atoms with E-state index in [0.29, 0.717) is 15.1 Å². The van der Waals surface area contributed by atoms with Gasteiger partial charge in [0.2, 0.25) is 0 Å². The molecule has 140 valence electrons. The molecule has 27 heavy (non-hydrogen) atoms. The summed E-state index contributed by atoms with van der Waals surface area (Å²) in [5, 5.41) is 1.25. The maximum atomic E-state index is 12.5. The van der Waals surface area contributed by atoms with Gasteiger partial charge in [0, 0.05) is 12.1 Å². The van der Waals surface area contributed by atoms with Gasteiger partial charge in [-0.15, -0.1) is 0 Å². The first-order chi connectivity index (χ1) is 13.1. The van der Waals surface area contributed by atoms with E-state index in [1.807, 2.05) is 42.5 Å². The van der Waals surface area contributed by atoms with Gasteiger partial charge in [-0.1, -0.05) is 43.1 Å². The van der Waals surface area contributed by atoms with E-state index in [2.05, 4.69) is 11.9 Å². The molecule has 0 bridgehead atoms. The molecular formula is C21H21ClN2O2S. The van der Waals surface area contributed by atoms with Crippen molar-refractivity contribution in [3.63, 3.8) is 0 Å². The Balaban J connectivity index is 1.74. The first kappa shape index (κ1) is 19.5. The predicted octanol–water partition coefficient (Wildman–Crippen LogP) is 5.75. The number of likely N-dealkylation sites (N-methyl/N-ethyl adjacent to an activating group) is 1. The highest BCUT2D eigenvalue weighted by atomic mass is 35.5. The summed E-state index contributed by atoms with van der Waals surface area (Å²) in [6.07, 6.45) is 4.02. The van der Waals surface area contributed by atoms with E-state index in [1.54, 1.807) is 24.1 Å². The second kappa shape index (κ2) is 9.11. The minimum atomic E-state index is -0.0657. The van der Waals surface area contributed by atoms with Gasteiger partial charge in [-0.05, 0) is 60.2 Å². The van der Waals surface area contributed by atoms with Crippen molar-refractivity contribution in [3.05, 3.63) is 64.0 Å². The lowest BCUT2D eigenvalue weighted by atomic mass is 10.2. The quantitative estimate of drug-likeness (QED) is 0.457. The van der Waals surface area contributed by atoms with Gasteiger partial charge in [-0.3, -0.25) is 9.69 Å². The van der Waals surface area contributed by atoms with Gasteiger partial charge in [0.1, 0.15) is 5.75 Å². The summed E-state index contributed by atoms with van der Waals surface area (Å²) in [6.45, 7) is 2.86. The van der Waals surface area contributed by atoms with Crippen molar-refractivity contribution in [1.29, 1.82) is 0 Å². The molecule has 0 atom stereocenters. The van der Waals surface area contributed by atoms with E-state index in [1.165, 1.54) is 11.8 Å². The number of hydrogen-bond donors (Lipinski definition) is 0. The molecule has 2 aromatic rings. The average molecular weight is 401 g/mol. The Kier molecular flexibility index (Phi) is 6.58. The van der Waals surface area contributed by atoms with E-state index in [9.17, 15) is 4.79 Å². The van der Waals surface area contributed by atoms with Gasteiger partial charge >= 0.3 is 0 Å². The van der Waals surface area contributed by atoms with Crippen LogP contribution in [0.3, 0.4) is 0 Å². The van der Waals surface area contributed by atoms with Gasteiger partial charge in [0.25, 0.3) is 5.91 Å². The molecule has 0 radical (unpaired) electrons. The van der Waals surface area contributed by atoms with Crippen LogP contribution in [0.5, 0.6) is 5.75 Å². The molecule has 0 aromatic heterocycles. The number of halogens is 1. The van der Waals surface area contributed by atoms with Crippen molar-refractivity contribution >= 4 is 46.2 Å². The number of benzene rings is 2. The molecule has 2 aromatic carbocycles. The van der Waals surface area contributed by atoms with Gasteiger partial charge in [-0.2, -0.15) is 0 Å². The number of hydrogen-bond acceptors (Lipinski definition) is 4. The minimum absolute atomic E-state index is 0.0657. The molecule has 1 saturated heterocycles. The van der Waals surface area contributed by atoms with Crippen LogP contribution in [0.15, 0.2) is 58.4 Å². The predicted molar refractivity (Wildman–Crippen MR) is 114 cm³/mol. The Labute approximate surface area is 168 Å². The number of rotatable bonds is 6. The van der Waals surface area contributed by atoms with Crippen LogP contribution in [0.25, 0.3) is 6.08 Å². The monoisotopic (exact) mass is 400 g/mol. The SMILES string of the molecule is CCCCOc1ccc(/C=C2/SC(=Nc3cccc(Cl)c3)N(C)C2=O)cc1. The van der Waals surface area contributed by atoms with Crippen molar-refractivity contribution in [1.82, 2.24) is 4.90 Å². The molecule has 1 heterocycles. The van der Waals surface area contributed by atoms with E-state index >= 15 is 0 Å². The smallest absolute Gasteiger partial charge is 0.266 e. The number of amides is 1. The number of carbonyl (C=O) groups excluding carboxylic acids is 1. The number of amidine groups is 1. The van der Waals surface area contributed by atoms with Crippen LogP contribution in [-0.4, -0.2) is 29.6 Å². The summed E-state index contributed by atoms with van der Waals surface area (Å²) < 4.78 is 5.67. The Morgan fingerprint density at radius 1 is 1.22 bits per heavy atom. The van der Waals surface area contributed by atoms with Crippen LogP contribution < -0.4 is 4.74 Å². The number of carbonyl (C=O) groups is 1. The lowest BCUT2D eigenvalue weighted by Gasteiger charge is -2.07. The molecular weight excluding hydrogens is 380 g/mol. The van der Waals surface area contributed by atoms with Gasteiger partial charge in [0.05, 0.1) is 17.2 Å². The van der Waals surface area contributed by atoms with Gasteiger partial charge in [0.15, 0.2) is 5.17 Å². The largest absolute Gasteiger partial charge is 0.494 e. The Bertz CT molecular complexity index is 878. The summed E-state index contributed by atoms with van der Waals surface area (Å²) in [5.41, 5.74) is 1.67. The summed E-state index contributed by atoms with van der Waals surface area (Å²) in [5.74, 6) is 0.778. The van der Waals surface area contributed by atoms with Gasteiger partial charge in [-0.25, -0.2) is 4.99 Å². The molecule has 1 aliphatic rings. The van der Waals surface area contributed by atoms with Crippen LogP contribution in [0.1, 0.15) is 25.3 Å². The summed E-state index contributed by atoms with van der Waals surface area (Å²) >= 11 is 7.36. The number of nitrogens with zero attached hydrogens (tertiary/aromatic N) is 2. The molecule has 0 unspecified atom stereocenters. The van der Waals surface area contributed by atoms with Crippen LogP contribution in [-0.2, 0) is 4.79 Å². The van der Waals surface area contributed by atoms with Gasteiger partial charge < -0.3 is 4.74 Å². The fourth-order valence-corrected chi connectivity index (χ4v) is 3.63. The second-order valence-electron chi connectivity index (χ2n) is 6.12. The standard InChI is InChI=1S/C21H21ClN2O2S/c1-3-4-12-26-18-10-8-15(9-11-18)13-19-20(25)24(2)21(27-19)23-17-7-5-6-16(22)14-17/h5-11,13-14H,3-4,12H2,1-2H3/b19-13+,23-21?. The van der Waals surface area contributed by atoms with E-state index < -0.39 is 0 Å². The zero-order valence-corrected chi connectivity index (χ0v) is 16.9. The molecule has 6 heteroatoms.